The van der Waals surface area contributed by atoms with Crippen LogP contribution in [0.25, 0.3) is 0 Å². The molecule has 70 valence electrons. The third-order valence-electron chi connectivity index (χ3n) is 1.63. The highest BCUT2D eigenvalue weighted by molar-refractivity contribution is 6.66. The Morgan fingerprint density at radius 3 is 2.00 bits per heavy atom. The van der Waals surface area contributed by atoms with Gasteiger partial charge in [-0.3, -0.25) is 9.59 Å². The minimum atomic E-state index is -0.923. The fourth-order valence-corrected chi connectivity index (χ4v) is 1.18. The molecule has 0 spiro atoms. The Morgan fingerprint density at radius 2 is 1.75 bits per heavy atom. The van der Waals surface area contributed by atoms with E-state index in [-0.39, 0.29) is 6.42 Å². The van der Waals surface area contributed by atoms with Crippen LogP contribution in [0.5, 0.6) is 0 Å². The van der Waals surface area contributed by atoms with Crippen molar-refractivity contribution in [3.63, 3.8) is 0 Å². The maximum Gasteiger partial charge on any atom is 0.228 e. The quantitative estimate of drug-likeness (QED) is 0.550. The van der Waals surface area contributed by atoms with Crippen molar-refractivity contribution in [3.05, 3.63) is 0 Å². The molecule has 0 aromatic heterocycles. The molecule has 0 fully saturated rings. The molecule has 0 rings (SSSR count). The Kier molecular flexibility index (Phi) is 4.53. The summed E-state index contributed by atoms with van der Waals surface area (Å²) in [6.45, 7) is 3.14. The lowest BCUT2D eigenvalue weighted by molar-refractivity contribution is -0.119. The van der Waals surface area contributed by atoms with Crippen molar-refractivity contribution in [2.45, 2.75) is 25.6 Å². The third-order valence-corrected chi connectivity index (χ3v) is 2.97. The first-order valence-corrected chi connectivity index (χ1v) is 4.50. The molecule has 1 unspecified atom stereocenters. The van der Waals surface area contributed by atoms with Gasteiger partial charge in [0.15, 0.2) is 0 Å². The Balaban J connectivity index is 4.35. The van der Waals surface area contributed by atoms with E-state index in [1.165, 1.54) is 0 Å². The fourth-order valence-electron chi connectivity index (χ4n) is 0.519. The molecule has 0 saturated heterocycles. The van der Waals surface area contributed by atoms with E-state index in [1.54, 1.807) is 13.8 Å². The van der Waals surface area contributed by atoms with Gasteiger partial charge in [0.1, 0.15) is 0 Å². The Hall–Kier alpha value is 0.210. The summed E-state index contributed by atoms with van der Waals surface area (Å²) in [5.74, 6) is 0. The smallest absolute Gasteiger partial charge is 0.228 e. The van der Waals surface area contributed by atoms with Crippen molar-refractivity contribution >= 4 is 45.3 Å². The Labute approximate surface area is 86.2 Å². The van der Waals surface area contributed by atoms with Gasteiger partial charge in [0.05, 0.1) is 10.8 Å². The Morgan fingerprint density at radius 1 is 1.33 bits per heavy atom. The van der Waals surface area contributed by atoms with Crippen LogP contribution in [-0.2, 0) is 9.59 Å². The lowest BCUT2D eigenvalue weighted by Crippen LogP contribution is -2.31. The van der Waals surface area contributed by atoms with Crippen LogP contribution in [-0.4, -0.2) is 15.9 Å². The molecule has 0 aliphatic rings. The monoisotopic (exact) mass is 230 g/mol. The molecule has 0 bridgehead atoms. The van der Waals surface area contributed by atoms with Crippen LogP contribution in [0.1, 0.15) is 20.3 Å². The standard InChI is InChI=1S/C7H9Cl3O2/c1-7(2,6(10)12)4(8)3-5(9)11/h4H,3H2,1-2H3. The van der Waals surface area contributed by atoms with Crippen molar-refractivity contribution in [2.75, 3.05) is 0 Å². The minimum Gasteiger partial charge on any atom is -0.281 e. The number of halogens is 3. The molecule has 0 aliphatic heterocycles. The van der Waals surface area contributed by atoms with E-state index in [1.807, 2.05) is 0 Å². The molecule has 0 aromatic carbocycles. The first-order valence-electron chi connectivity index (χ1n) is 3.30. The van der Waals surface area contributed by atoms with E-state index in [0.717, 1.165) is 0 Å². The molecule has 0 amide bonds. The lowest BCUT2D eigenvalue weighted by atomic mass is 9.89. The first-order chi connectivity index (χ1) is 5.28. The van der Waals surface area contributed by atoms with Crippen molar-refractivity contribution < 1.29 is 9.59 Å². The molecule has 0 heterocycles. The minimum absolute atomic E-state index is 0.0609. The van der Waals surface area contributed by atoms with Crippen molar-refractivity contribution in [1.29, 1.82) is 0 Å². The summed E-state index contributed by atoms with van der Waals surface area (Å²) >= 11 is 16.1. The van der Waals surface area contributed by atoms with Gasteiger partial charge in [-0.25, -0.2) is 0 Å². The number of rotatable bonds is 4. The molecule has 0 saturated carbocycles. The van der Waals surface area contributed by atoms with E-state index < -0.39 is 21.3 Å². The number of hydrogen-bond donors (Lipinski definition) is 0. The second-order valence-electron chi connectivity index (χ2n) is 3.02. The third kappa shape index (κ3) is 3.30. The second kappa shape index (κ2) is 4.45. The van der Waals surface area contributed by atoms with E-state index in [0.29, 0.717) is 0 Å². The predicted octanol–water partition coefficient (Wildman–Crippen LogP) is 2.54. The molecule has 1 atom stereocenters. The topological polar surface area (TPSA) is 34.1 Å². The van der Waals surface area contributed by atoms with Crippen LogP contribution in [0.3, 0.4) is 0 Å². The van der Waals surface area contributed by atoms with Crippen molar-refractivity contribution in [3.8, 4) is 0 Å². The average Bonchev–Trinajstić information content (AvgIpc) is 1.85. The molecule has 0 radical (unpaired) electrons. The predicted molar refractivity (Wildman–Crippen MR) is 49.8 cm³/mol. The van der Waals surface area contributed by atoms with Gasteiger partial charge < -0.3 is 0 Å². The summed E-state index contributed by atoms with van der Waals surface area (Å²) in [4.78, 5) is 21.3. The van der Waals surface area contributed by atoms with Gasteiger partial charge in [-0.1, -0.05) is 13.8 Å². The summed E-state index contributed by atoms with van der Waals surface area (Å²) in [6, 6.07) is 0. The van der Waals surface area contributed by atoms with E-state index in [2.05, 4.69) is 0 Å². The highest BCUT2D eigenvalue weighted by atomic mass is 35.5. The van der Waals surface area contributed by atoms with Gasteiger partial charge in [0.2, 0.25) is 10.5 Å². The number of carbonyl (C=O) groups excluding carboxylic acids is 2. The first kappa shape index (κ1) is 12.2. The van der Waals surface area contributed by atoms with Gasteiger partial charge in [-0.2, -0.15) is 0 Å². The molecular formula is C7H9Cl3O2. The van der Waals surface area contributed by atoms with Crippen LogP contribution in [0, 0.1) is 5.41 Å². The Bertz CT molecular complexity index is 201. The molecule has 0 aromatic rings. The van der Waals surface area contributed by atoms with Crippen LogP contribution in [0.15, 0.2) is 0 Å². The van der Waals surface area contributed by atoms with Crippen LogP contribution < -0.4 is 0 Å². The van der Waals surface area contributed by atoms with Crippen molar-refractivity contribution in [2.24, 2.45) is 5.41 Å². The normalized spacial score (nSPS) is 14.1. The molecule has 5 heteroatoms. The van der Waals surface area contributed by atoms with Gasteiger partial charge in [-0.15, -0.1) is 11.6 Å². The summed E-state index contributed by atoms with van der Waals surface area (Å²) in [5.41, 5.74) is -0.923. The second-order valence-corrected chi connectivity index (χ2v) is 4.31. The molecular weight excluding hydrogens is 222 g/mol. The van der Waals surface area contributed by atoms with E-state index in [4.69, 9.17) is 34.8 Å². The molecule has 0 aliphatic carbocycles. The maximum absolute atomic E-state index is 10.8. The largest absolute Gasteiger partial charge is 0.281 e. The van der Waals surface area contributed by atoms with Crippen LogP contribution in [0.4, 0.5) is 0 Å². The average molecular weight is 232 g/mol. The zero-order valence-corrected chi connectivity index (χ0v) is 9.00. The van der Waals surface area contributed by atoms with E-state index in [9.17, 15) is 9.59 Å². The van der Waals surface area contributed by atoms with Gasteiger partial charge in [-0.05, 0) is 23.2 Å². The zero-order valence-electron chi connectivity index (χ0n) is 6.73. The van der Waals surface area contributed by atoms with Gasteiger partial charge >= 0.3 is 0 Å². The number of hydrogen-bond acceptors (Lipinski definition) is 2. The van der Waals surface area contributed by atoms with Gasteiger partial charge in [0.25, 0.3) is 0 Å². The molecule has 2 nitrogen and oxygen atoms in total. The molecule has 12 heavy (non-hydrogen) atoms. The van der Waals surface area contributed by atoms with Gasteiger partial charge in [0, 0.05) is 6.42 Å². The summed E-state index contributed by atoms with van der Waals surface area (Å²) in [5, 5.41) is -1.80. The highest BCUT2D eigenvalue weighted by Crippen LogP contribution is 2.30. The van der Waals surface area contributed by atoms with Crippen molar-refractivity contribution in [1.82, 2.24) is 0 Å². The van der Waals surface area contributed by atoms with Crippen LogP contribution in [0.2, 0.25) is 0 Å². The summed E-state index contributed by atoms with van der Waals surface area (Å²) in [6.07, 6.45) is -0.0609. The summed E-state index contributed by atoms with van der Waals surface area (Å²) < 4.78 is 0. The number of carbonyl (C=O) groups is 2. The van der Waals surface area contributed by atoms with Crippen LogP contribution >= 0.6 is 34.8 Å². The van der Waals surface area contributed by atoms with E-state index >= 15 is 0 Å². The fraction of sp³-hybridized carbons (Fsp3) is 0.714. The maximum atomic E-state index is 10.8. The SMILES string of the molecule is CC(C)(C(=O)Cl)C(Cl)CC(=O)Cl. The molecule has 0 N–H and O–H groups in total. The number of alkyl halides is 1. The lowest BCUT2D eigenvalue weighted by Gasteiger charge is -2.24. The summed E-state index contributed by atoms with van der Waals surface area (Å²) in [7, 11) is 0. The highest BCUT2D eigenvalue weighted by Gasteiger charge is 2.35. The zero-order chi connectivity index (χ0) is 9.94.